The van der Waals surface area contributed by atoms with Gasteiger partial charge in [0.15, 0.2) is 0 Å². The van der Waals surface area contributed by atoms with Crippen LogP contribution in [0, 0.1) is 5.92 Å². The molecule has 0 aliphatic heterocycles. The monoisotopic (exact) mass is 213 g/mol. The first-order chi connectivity index (χ1) is 7.00. The first-order valence-electron chi connectivity index (χ1n) is 5.01. The van der Waals surface area contributed by atoms with Gasteiger partial charge in [-0.3, -0.25) is 9.59 Å². The summed E-state index contributed by atoms with van der Waals surface area (Å²) in [5, 5.41) is 11.4. The van der Waals surface area contributed by atoms with Gasteiger partial charge in [0.05, 0.1) is 0 Å². The van der Waals surface area contributed by atoms with Crippen LogP contribution in [-0.2, 0) is 14.4 Å². The van der Waals surface area contributed by atoms with Crippen molar-refractivity contribution in [1.29, 1.82) is 0 Å². The molecule has 1 atom stereocenters. The van der Waals surface area contributed by atoms with E-state index in [2.05, 4.69) is 5.32 Å². The molecular weight excluding hydrogens is 198 g/mol. The van der Waals surface area contributed by atoms with E-state index in [0.717, 1.165) is 25.7 Å². The summed E-state index contributed by atoms with van der Waals surface area (Å²) < 4.78 is 0. The quantitative estimate of drug-likeness (QED) is 0.521. The van der Waals surface area contributed by atoms with Crippen molar-refractivity contribution in [3.8, 4) is 0 Å². The first-order valence-corrected chi connectivity index (χ1v) is 5.01. The van der Waals surface area contributed by atoms with Crippen molar-refractivity contribution in [2.45, 2.75) is 38.1 Å². The number of hydrogen-bond donors (Lipinski definition) is 2. The normalized spacial score (nSPS) is 20.6. The Morgan fingerprint density at radius 1 is 1.40 bits per heavy atom. The second-order valence-corrected chi connectivity index (χ2v) is 4.10. The van der Waals surface area contributed by atoms with Crippen LogP contribution in [0.4, 0.5) is 0 Å². The third-order valence-corrected chi connectivity index (χ3v) is 3.11. The highest BCUT2D eigenvalue weighted by Gasteiger charge is 2.43. The summed E-state index contributed by atoms with van der Waals surface area (Å²) in [6.45, 7) is 1.46. The average Bonchev–Trinajstić information content (AvgIpc) is 2.70. The number of carbonyl (C=O) groups is 3. The lowest BCUT2D eigenvalue weighted by Gasteiger charge is -2.31. The Balaban J connectivity index is 2.81. The van der Waals surface area contributed by atoms with Crippen LogP contribution in [0.1, 0.15) is 32.6 Å². The van der Waals surface area contributed by atoms with Crippen molar-refractivity contribution in [2.24, 2.45) is 5.92 Å². The fourth-order valence-electron chi connectivity index (χ4n) is 2.12. The van der Waals surface area contributed by atoms with E-state index in [4.69, 9.17) is 5.11 Å². The van der Waals surface area contributed by atoms with Gasteiger partial charge in [-0.25, -0.2) is 4.79 Å². The van der Waals surface area contributed by atoms with Gasteiger partial charge in [0.25, 0.3) is 5.91 Å². The minimum Gasteiger partial charge on any atom is -0.480 e. The molecule has 0 aromatic heterocycles. The van der Waals surface area contributed by atoms with E-state index in [-0.39, 0.29) is 12.2 Å². The molecule has 5 heteroatoms. The molecule has 2 N–H and O–H groups in total. The van der Waals surface area contributed by atoms with Crippen molar-refractivity contribution < 1.29 is 19.5 Å². The molecule has 0 aromatic carbocycles. The maximum Gasteiger partial charge on any atom is 0.329 e. The summed E-state index contributed by atoms with van der Waals surface area (Å²) in [7, 11) is 0. The number of aldehydes is 1. The van der Waals surface area contributed by atoms with E-state index in [1.165, 1.54) is 6.92 Å². The zero-order valence-electron chi connectivity index (χ0n) is 8.66. The number of amides is 1. The van der Waals surface area contributed by atoms with Crippen molar-refractivity contribution in [3.63, 3.8) is 0 Å². The summed E-state index contributed by atoms with van der Waals surface area (Å²) in [4.78, 5) is 32.3. The minimum atomic E-state index is -1.31. The number of carboxylic acids is 1. The Bertz CT molecular complexity index is 283. The molecule has 1 fully saturated rings. The molecule has 1 saturated carbocycles. The molecule has 1 unspecified atom stereocenters. The van der Waals surface area contributed by atoms with Crippen LogP contribution in [0.5, 0.6) is 0 Å². The molecule has 1 aliphatic rings. The first kappa shape index (κ1) is 11.7. The van der Waals surface area contributed by atoms with Gasteiger partial charge in [0, 0.05) is 0 Å². The lowest BCUT2D eigenvalue weighted by atomic mass is 9.84. The molecule has 0 spiro atoms. The van der Waals surface area contributed by atoms with E-state index in [1.54, 1.807) is 0 Å². The van der Waals surface area contributed by atoms with Crippen LogP contribution in [-0.4, -0.2) is 28.8 Å². The molecule has 84 valence electrons. The summed E-state index contributed by atoms with van der Waals surface area (Å²) in [6.07, 6.45) is 3.62. The highest BCUT2D eigenvalue weighted by Crippen LogP contribution is 2.34. The molecule has 0 saturated heterocycles. The number of hydrogen-bond acceptors (Lipinski definition) is 3. The van der Waals surface area contributed by atoms with Gasteiger partial charge in [-0.1, -0.05) is 12.8 Å². The number of aliphatic carboxylic acids is 1. The molecule has 1 rings (SSSR count). The lowest BCUT2D eigenvalue weighted by molar-refractivity contribution is -0.149. The number of nitrogens with one attached hydrogen (secondary N) is 1. The second kappa shape index (κ2) is 4.42. The zero-order chi connectivity index (χ0) is 11.5. The molecule has 5 nitrogen and oxygen atoms in total. The molecule has 1 aliphatic carbocycles. The van der Waals surface area contributed by atoms with Crippen LogP contribution >= 0.6 is 0 Å². The second-order valence-electron chi connectivity index (χ2n) is 4.10. The molecule has 0 radical (unpaired) electrons. The highest BCUT2D eigenvalue weighted by molar-refractivity contribution is 6.24. The van der Waals surface area contributed by atoms with E-state index < -0.39 is 17.4 Å². The average molecular weight is 213 g/mol. The summed E-state index contributed by atoms with van der Waals surface area (Å²) in [5.74, 6) is -2.03. The van der Waals surface area contributed by atoms with Crippen LogP contribution < -0.4 is 5.32 Å². The lowest BCUT2D eigenvalue weighted by Crippen LogP contribution is -2.57. The van der Waals surface area contributed by atoms with Gasteiger partial charge in [-0.2, -0.15) is 0 Å². The van der Waals surface area contributed by atoms with E-state index >= 15 is 0 Å². The SMILES string of the molecule is CC(NC(=O)C=O)(C(=O)O)C1CCCC1. The molecule has 0 heterocycles. The standard InChI is InChI=1S/C10H15NO4/c1-10(9(14)15,11-8(13)6-12)7-4-2-3-5-7/h6-7H,2-5H2,1H3,(H,11,13)(H,14,15). The van der Waals surface area contributed by atoms with E-state index in [1.807, 2.05) is 0 Å². The summed E-state index contributed by atoms with van der Waals surface area (Å²) >= 11 is 0. The van der Waals surface area contributed by atoms with Gasteiger partial charge in [-0.15, -0.1) is 0 Å². The van der Waals surface area contributed by atoms with Crippen LogP contribution in [0.15, 0.2) is 0 Å². The predicted octanol–water partition coefficient (Wildman–Crippen LogP) is 0.335. The van der Waals surface area contributed by atoms with Gasteiger partial charge < -0.3 is 10.4 Å². The Hall–Kier alpha value is -1.39. The molecule has 1 amide bonds. The maximum absolute atomic E-state index is 11.1. The van der Waals surface area contributed by atoms with Gasteiger partial charge >= 0.3 is 5.97 Å². The predicted molar refractivity (Wildman–Crippen MR) is 52.2 cm³/mol. The van der Waals surface area contributed by atoms with Crippen molar-refractivity contribution in [1.82, 2.24) is 5.32 Å². The van der Waals surface area contributed by atoms with Gasteiger partial charge in [0.2, 0.25) is 6.29 Å². The topological polar surface area (TPSA) is 83.5 Å². The van der Waals surface area contributed by atoms with Crippen molar-refractivity contribution in [3.05, 3.63) is 0 Å². The Labute approximate surface area is 87.8 Å². The smallest absolute Gasteiger partial charge is 0.329 e. The fraction of sp³-hybridized carbons (Fsp3) is 0.700. The minimum absolute atomic E-state index is 0.0844. The highest BCUT2D eigenvalue weighted by atomic mass is 16.4. The van der Waals surface area contributed by atoms with Crippen molar-refractivity contribution in [2.75, 3.05) is 0 Å². The van der Waals surface area contributed by atoms with Gasteiger partial charge in [-0.05, 0) is 25.7 Å². The van der Waals surface area contributed by atoms with E-state index in [0.29, 0.717) is 0 Å². The Kier molecular flexibility index (Phi) is 3.44. The summed E-state index contributed by atoms with van der Waals surface area (Å²) in [5.41, 5.74) is -1.31. The van der Waals surface area contributed by atoms with E-state index in [9.17, 15) is 14.4 Å². The third kappa shape index (κ3) is 2.34. The van der Waals surface area contributed by atoms with Crippen LogP contribution in [0.2, 0.25) is 0 Å². The molecule has 0 aromatic rings. The largest absolute Gasteiger partial charge is 0.480 e. The number of carbonyl (C=O) groups excluding carboxylic acids is 2. The Morgan fingerprint density at radius 3 is 2.33 bits per heavy atom. The third-order valence-electron chi connectivity index (χ3n) is 3.11. The maximum atomic E-state index is 11.1. The Morgan fingerprint density at radius 2 is 1.93 bits per heavy atom. The number of rotatable bonds is 4. The molecule has 15 heavy (non-hydrogen) atoms. The molecule has 0 bridgehead atoms. The van der Waals surface area contributed by atoms with Crippen LogP contribution in [0.25, 0.3) is 0 Å². The summed E-state index contributed by atoms with van der Waals surface area (Å²) in [6, 6.07) is 0. The van der Waals surface area contributed by atoms with Gasteiger partial charge in [0.1, 0.15) is 5.54 Å². The van der Waals surface area contributed by atoms with Crippen LogP contribution in [0.3, 0.4) is 0 Å². The van der Waals surface area contributed by atoms with Crippen molar-refractivity contribution >= 4 is 18.2 Å². The zero-order valence-corrected chi connectivity index (χ0v) is 8.66. The fourth-order valence-corrected chi connectivity index (χ4v) is 2.12. The number of carboxylic acid groups (broad SMARTS) is 1. The molecular formula is C10H15NO4.